The zero-order valence-electron chi connectivity index (χ0n) is 23.1. The van der Waals surface area contributed by atoms with Gasteiger partial charge in [-0.05, 0) is 61.9 Å². The molecule has 0 radical (unpaired) electrons. The van der Waals surface area contributed by atoms with Crippen molar-refractivity contribution >= 4 is 35.0 Å². The third-order valence-electron chi connectivity index (χ3n) is 7.65. The molecule has 2 N–H and O–H groups in total. The highest BCUT2D eigenvalue weighted by Gasteiger charge is 2.41. The normalized spacial score (nSPS) is 21.2. The van der Waals surface area contributed by atoms with E-state index in [0.717, 1.165) is 28.3 Å². The molecule has 1 saturated carbocycles. The van der Waals surface area contributed by atoms with Crippen molar-refractivity contribution in [3.8, 4) is 10.4 Å². The van der Waals surface area contributed by atoms with Gasteiger partial charge in [0.05, 0.1) is 12.0 Å². The van der Waals surface area contributed by atoms with Gasteiger partial charge in [0.25, 0.3) is 0 Å². The molecule has 2 aliphatic rings. The zero-order valence-corrected chi connectivity index (χ0v) is 24.0. The zero-order chi connectivity index (χ0) is 30.1. The fraction of sp³-hybridized carbons (Fsp3) is 0.464. The van der Waals surface area contributed by atoms with E-state index in [2.05, 4.69) is 20.3 Å². The maximum atomic E-state index is 13.1. The fourth-order valence-electron chi connectivity index (χ4n) is 5.38. The van der Waals surface area contributed by atoms with Crippen molar-refractivity contribution in [3.63, 3.8) is 0 Å². The number of hydrogen-bond acceptors (Lipinski definition) is 9. The Morgan fingerprint density at radius 1 is 1.10 bits per heavy atom. The maximum Gasteiger partial charge on any atom is 0.433 e. The summed E-state index contributed by atoms with van der Waals surface area (Å²) < 4.78 is 43.9. The summed E-state index contributed by atoms with van der Waals surface area (Å²) in [7, 11) is 1.34. The predicted molar refractivity (Wildman–Crippen MR) is 149 cm³/mol. The number of rotatable bonds is 5. The Morgan fingerprint density at radius 2 is 1.79 bits per heavy atom. The number of aliphatic hydroxyl groups is 1. The summed E-state index contributed by atoms with van der Waals surface area (Å²) in [6.45, 7) is 3.64. The lowest BCUT2D eigenvalue weighted by Crippen LogP contribution is -2.52. The SMILES string of the molecule is COC(=O)N1CCN(C(=O)[C@H]2CC[C@@](O)(c3ncc(-c4cc(C)cc(Nc5nccc(C(F)(F)F)n5)c4)s3)CC2)CC1. The van der Waals surface area contributed by atoms with Crippen LogP contribution in [-0.2, 0) is 21.3 Å². The van der Waals surface area contributed by atoms with Crippen LogP contribution in [0, 0.1) is 12.8 Å². The number of ether oxygens (including phenoxy) is 1. The minimum atomic E-state index is -4.58. The van der Waals surface area contributed by atoms with Crippen molar-refractivity contribution in [1.82, 2.24) is 24.8 Å². The molecular formula is C28H31F3N6O4S. The number of halogens is 3. The van der Waals surface area contributed by atoms with Crippen LogP contribution >= 0.6 is 11.3 Å². The minimum absolute atomic E-state index is 0.0472. The van der Waals surface area contributed by atoms with Gasteiger partial charge in [0.2, 0.25) is 11.9 Å². The van der Waals surface area contributed by atoms with Crippen LogP contribution in [0.2, 0.25) is 0 Å². The van der Waals surface area contributed by atoms with Crippen molar-refractivity contribution in [1.29, 1.82) is 0 Å². The average Bonchev–Trinajstić information content (AvgIpc) is 3.48. The van der Waals surface area contributed by atoms with E-state index in [9.17, 15) is 27.9 Å². The minimum Gasteiger partial charge on any atom is -0.453 e. The van der Waals surface area contributed by atoms with Crippen LogP contribution in [0.3, 0.4) is 0 Å². The number of benzene rings is 1. The molecule has 2 fully saturated rings. The number of nitrogens with zero attached hydrogens (tertiary/aromatic N) is 5. The van der Waals surface area contributed by atoms with Crippen LogP contribution in [0.4, 0.5) is 29.6 Å². The quantitative estimate of drug-likeness (QED) is 0.420. The summed E-state index contributed by atoms with van der Waals surface area (Å²) in [6.07, 6.45) is -0.403. The van der Waals surface area contributed by atoms with Gasteiger partial charge in [-0.25, -0.2) is 19.7 Å². The number of aromatic nitrogens is 3. The summed E-state index contributed by atoms with van der Waals surface area (Å²) in [4.78, 5) is 41.0. The topological polar surface area (TPSA) is 121 Å². The van der Waals surface area contributed by atoms with Crippen LogP contribution in [-0.4, -0.2) is 75.1 Å². The van der Waals surface area contributed by atoms with Gasteiger partial charge >= 0.3 is 12.3 Å². The summed E-state index contributed by atoms with van der Waals surface area (Å²) >= 11 is 1.35. The highest BCUT2D eigenvalue weighted by atomic mass is 32.1. The highest BCUT2D eigenvalue weighted by molar-refractivity contribution is 7.15. The van der Waals surface area contributed by atoms with Gasteiger partial charge in [-0.3, -0.25) is 4.79 Å². The molecule has 5 rings (SSSR count). The third kappa shape index (κ3) is 6.49. The Bertz CT molecular complexity index is 1450. The second kappa shape index (κ2) is 11.8. The van der Waals surface area contributed by atoms with Gasteiger partial charge < -0.3 is 25.0 Å². The molecule has 2 aromatic heterocycles. The standard InChI is InChI=1S/C28H31F3N6O4S/c1-17-13-19(15-20(14-17)34-25-32-8-5-22(35-25)28(29,30)31)21-16-33-24(42-21)27(40)6-3-18(4-7-27)23(38)36-9-11-37(12-10-36)26(39)41-2/h5,8,13-16,18,40H,3-4,6-7,9-12H2,1-2H3,(H,32,34,35)/t18-,27-. The smallest absolute Gasteiger partial charge is 0.433 e. The predicted octanol–water partition coefficient (Wildman–Crippen LogP) is 4.96. The van der Waals surface area contributed by atoms with E-state index >= 15 is 0 Å². The molecule has 14 heteroatoms. The Hall–Kier alpha value is -3.78. The van der Waals surface area contributed by atoms with Gasteiger partial charge in [-0.1, -0.05) is 6.07 Å². The molecule has 3 aromatic rings. The average molecular weight is 605 g/mol. The molecule has 10 nitrogen and oxygen atoms in total. The number of hydrogen-bond donors (Lipinski definition) is 2. The van der Waals surface area contributed by atoms with Crippen molar-refractivity contribution in [2.75, 3.05) is 38.6 Å². The first-order valence-corrected chi connectivity index (χ1v) is 14.4. The monoisotopic (exact) mass is 604 g/mol. The lowest BCUT2D eigenvalue weighted by Gasteiger charge is -2.39. The molecule has 0 atom stereocenters. The molecule has 0 spiro atoms. The molecule has 1 aliphatic carbocycles. The van der Waals surface area contributed by atoms with Gasteiger partial charge in [0.15, 0.2) is 0 Å². The molecule has 1 saturated heterocycles. The number of nitrogens with one attached hydrogen (secondary N) is 1. The Kier molecular flexibility index (Phi) is 8.37. The van der Waals surface area contributed by atoms with E-state index in [1.165, 1.54) is 18.4 Å². The van der Waals surface area contributed by atoms with E-state index in [0.29, 0.717) is 62.6 Å². The van der Waals surface area contributed by atoms with Crippen LogP contribution in [0.1, 0.15) is 41.9 Å². The van der Waals surface area contributed by atoms with Crippen molar-refractivity contribution < 1.29 is 32.6 Å². The molecule has 42 heavy (non-hydrogen) atoms. The third-order valence-corrected chi connectivity index (χ3v) is 8.89. The number of methoxy groups -OCH3 is 1. The Balaban J connectivity index is 1.23. The van der Waals surface area contributed by atoms with Crippen LogP contribution in [0.15, 0.2) is 36.7 Å². The van der Waals surface area contributed by atoms with Crippen molar-refractivity contribution in [3.05, 3.63) is 52.9 Å². The first-order chi connectivity index (χ1) is 19.9. The lowest BCUT2D eigenvalue weighted by molar-refractivity contribution is -0.141. The van der Waals surface area contributed by atoms with E-state index in [4.69, 9.17) is 4.74 Å². The number of amides is 2. The van der Waals surface area contributed by atoms with E-state index in [-0.39, 0.29) is 17.8 Å². The molecule has 0 bridgehead atoms. The first kappa shape index (κ1) is 29.7. The molecule has 224 valence electrons. The summed E-state index contributed by atoms with van der Waals surface area (Å²) in [6, 6.07) is 6.28. The Morgan fingerprint density at radius 3 is 2.45 bits per heavy atom. The summed E-state index contributed by atoms with van der Waals surface area (Å²) in [5.41, 5.74) is -0.0240. The van der Waals surface area contributed by atoms with Crippen molar-refractivity contribution in [2.45, 2.75) is 44.4 Å². The number of thiazole rings is 1. The van der Waals surface area contributed by atoms with Crippen LogP contribution < -0.4 is 5.32 Å². The fourth-order valence-corrected chi connectivity index (χ4v) is 6.43. The number of aryl methyl sites for hydroxylation is 1. The maximum absolute atomic E-state index is 13.1. The van der Waals surface area contributed by atoms with Gasteiger partial charge in [-0.15, -0.1) is 11.3 Å². The Labute approximate surface area is 244 Å². The van der Waals surface area contributed by atoms with E-state index < -0.39 is 23.6 Å². The van der Waals surface area contributed by atoms with E-state index in [1.807, 2.05) is 13.0 Å². The lowest BCUT2D eigenvalue weighted by atomic mass is 9.78. The molecule has 3 heterocycles. The molecule has 1 aromatic carbocycles. The second-order valence-electron chi connectivity index (χ2n) is 10.6. The molecule has 2 amide bonds. The highest BCUT2D eigenvalue weighted by Crippen LogP contribution is 2.43. The summed E-state index contributed by atoms with van der Waals surface area (Å²) in [5.74, 6) is -0.318. The first-order valence-electron chi connectivity index (χ1n) is 13.5. The van der Waals surface area contributed by atoms with Crippen LogP contribution in [0.25, 0.3) is 10.4 Å². The van der Waals surface area contributed by atoms with Crippen LogP contribution in [0.5, 0.6) is 0 Å². The van der Waals surface area contributed by atoms with E-state index in [1.54, 1.807) is 28.1 Å². The van der Waals surface area contributed by atoms with Gasteiger partial charge in [0.1, 0.15) is 16.3 Å². The molecular weight excluding hydrogens is 573 g/mol. The molecule has 1 aliphatic heterocycles. The summed E-state index contributed by atoms with van der Waals surface area (Å²) in [5, 5.41) is 14.9. The second-order valence-corrected chi connectivity index (χ2v) is 11.6. The number of alkyl halides is 3. The van der Waals surface area contributed by atoms with Crippen molar-refractivity contribution in [2.24, 2.45) is 5.92 Å². The number of anilines is 2. The largest absolute Gasteiger partial charge is 0.453 e. The van der Waals surface area contributed by atoms with Gasteiger partial charge in [-0.2, -0.15) is 13.2 Å². The molecule has 0 unspecified atom stereocenters. The van der Waals surface area contributed by atoms with Gasteiger partial charge in [0, 0.05) is 50.2 Å². The number of carbonyl (C=O) groups excluding carboxylic acids is 2. The number of piperazine rings is 1. The number of carbonyl (C=O) groups is 2.